The van der Waals surface area contributed by atoms with Gasteiger partial charge in [-0.1, -0.05) is 0 Å². The quantitative estimate of drug-likeness (QED) is 0.0360. The minimum atomic E-state index is -5.39. The van der Waals surface area contributed by atoms with E-state index in [1.807, 2.05) is 0 Å². The summed E-state index contributed by atoms with van der Waals surface area (Å²) in [5.41, 5.74) is 17.2. The Morgan fingerprint density at radius 1 is 1.02 bits per heavy atom. The summed E-state index contributed by atoms with van der Waals surface area (Å²) in [6.07, 6.45) is -9.40. The second kappa shape index (κ2) is 15.1. The molecule has 3 unspecified atom stereocenters. The van der Waals surface area contributed by atoms with Gasteiger partial charge in [-0.05, 0) is 12.8 Å². The van der Waals surface area contributed by atoms with E-state index < -0.39 is 89.9 Å². The number of hydrogen-bond donors (Lipinski definition) is 11. The maximum atomic E-state index is 12.4. The highest BCUT2D eigenvalue weighted by Gasteiger charge is 2.47. The van der Waals surface area contributed by atoms with Crippen molar-refractivity contribution in [1.29, 1.82) is 0 Å². The van der Waals surface area contributed by atoms with Crippen LogP contribution in [0.2, 0.25) is 0 Å². The lowest BCUT2D eigenvalue weighted by atomic mass is 10.1. The Balaban J connectivity index is 1.25. The molecular weight excluding hydrogens is 680 g/mol. The van der Waals surface area contributed by atoms with E-state index in [1.54, 1.807) is 0 Å². The Morgan fingerprint density at radius 2 is 1.64 bits per heavy atom. The standard InChI is InChI=1S/C21H35N9O15P2/c22-8(20(35)36)2-1-3-25-21(24)29-18-14(33)12(31)9(43-18)4-41-46(37,38)45-47(39,40)42-5-10-13(32)15(34)19(44-10)30-7-28-11-16(23)26-6-27-17(11)30/h6-10,12-15,18-19,31-34H,1-5,22H2,(H,35,36)(H,37,38)(H,39,40)(H2,23,26,27)(H3,24,25,29)/t8-,9+,10+,12+,13+,14+,15+,18?,19+/m0/s1. The first-order chi connectivity index (χ1) is 22.0. The first-order valence-corrected chi connectivity index (χ1v) is 16.7. The predicted octanol–water partition coefficient (Wildman–Crippen LogP) is -4.18. The maximum Gasteiger partial charge on any atom is 0.481 e. The molecule has 2 aliphatic heterocycles. The number of carboxylic acids is 1. The van der Waals surface area contributed by atoms with Crippen molar-refractivity contribution in [3.8, 4) is 0 Å². The van der Waals surface area contributed by atoms with Crippen molar-refractivity contribution >= 4 is 44.6 Å². The highest BCUT2D eigenvalue weighted by molar-refractivity contribution is 7.61. The van der Waals surface area contributed by atoms with Gasteiger partial charge >= 0.3 is 21.6 Å². The van der Waals surface area contributed by atoms with Crippen LogP contribution in [0.25, 0.3) is 11.2 Å². The number of hydrogen-bond acceptors (Lipinski definition) is 18. The number of aliphatic hydroxyl groups is 4. The summed E-state index contributed by atoms with van der Waals surface area (Å²) < 4.78 is 50.5. The molecule has 11 atom stereocenters. The monoisotopic (exact) mass is 715 g/mol. The number of nitrogen functional groups attached to an aromatic ring is 1. The Hall–Kier alpha value is -2.93. The third-order valence-corrected chi connectivity index (χ3v) is 9.54. The highest BCUT2D eigenvalue weighted by Crippen LogP contribution is 2.60. The highest BCUT2D eigenvalue weighted by atomic mass is 31.3. The fourth-order valence-corrected chi connectivity index (χ4v) is 6.59. The second-order valence-corrected chi connectivity index (χ2v) is 13.4. The zero-order valence-corrected chi connectivity index (χ0v) is 25.9. The molecule has 0 amide bonds. The molecule has 2 saturated heterocycles. The van der Waals surface area contributed by atoms with Crippen LogP contribution < -0.4 is 22.5 Å². The number of aromatic nitrogens is 4. The van der Waals surface area contributed by atoms with Gasteiger partial charge in [0.25, 0.3) is 0 Å². The number of carboxylic acid groups (broad SMARTS) is 1. The van der Waals surface area contributed by atoms with Crippen molar-refractivity contribution < 1.29 is 72.1 Å². The second-order valence-electron chi connectivity index (χ2n) is 10.3. The van der Waals surface area contributed by atoms with Crippen LogP contribution in [-0.4, -0.2) is 135 Å². The Labute approximate surface area is 264 Å². The van der Waals surface area contributed by atoms with Crippen molar-refractivity contribution in [2.45, 2.75) is 68.0 Å². The summed E-state index contributed by atoms with van der Waals surface area (Å²) >= 11 is 0. The molecule has 0 bridgehead atoms. The summed E-state index contributed by atoms with van der Waals surface area (Å²) in [4.78, 5) is 46.5. The topological polar surface area (TPSA) is 385 Å². The lowest BCUT2D eigenvalue weighted by molar-refractivity contribution is -0.138. The number of phosphoric ester groups is 2. The van der Waals surface area contributed by atoms with Gasteiger partial charge in [0.05, 0.1) is 19.5 Å². The molecule has 0 saturated carbocycles. The number of nitrogens with one attached hydrogen (secondary N) is 1. The summed E-state index contributed by atoms with van der Waals surface area (Å²) in [5, 5.41) is 52.6. The van der Waals surface area contributed by atoms with Crippen molar-refractivity contribution in [3.05, 3.63) is 12.7 Å². The van der Waals surface area contributed by atoms with E-state index in [4.69, 9.17) is 36.3 Å². The first kappa shape index (κ1) is 36.9. The van der Waals surface area contributed by atoms with Crippen LogP contribution in [-0.2, 0) is 36.8 Å². The molecule has 47 heavy (non-hydrogen) atoms. The molecule has 2 aliphatic rings. The van der Waals surface area contributed by atoms with Crippen molar-refractivity contribution in [3.63, 3.8) is 0 Å². The van der Waals surface area contributed by atoms with Crippen LogP contribution in [0.5, 0.6) is 0 Å². The number of guanidine groups is 1. The normalized spacial score (nSPS) is 31.4. The molecular formula is C21H35N9O15P2. The van der Waals surface area contributed by atoms with Crippen molar-refractivity contribution in [1.82, 2.24) is 24.8 Å². The van der Waals surface area contributed by atoms with Gasteiger partial charge in [-0.15, -0.1) is 0 Å². The number of aliphatic imine (C=N–C) groups is 1. The summed E-state index contributed by atoms with van der Waals surface area (Å²) in [6.45, 7) is -1.77. The van der Waals surface area contributed by atoms with Gasteiger partial charge < -0.3 is 67.3 Å². The summed E-state index contributed by atoms with van der Waals surface area (Å²) in [6, 6.07) is -1.07. The third kappa shape index (κ3) is 9.16. The van der Waals surface area contributed by atoms with Crippen molar-refractivity contribution in [2.24, 2.45) is 16.5 Å². The van der Waals surface area contributed by atoms with E-state index >= 15 is 0 Å². The molecule has 0 aliphatic carbocycles. The van der Waals surface area contributed by atoms with Crippen LogP contribution in [0.3, 0.4) is 0 Å². The molecule has 24 nitrogen and oxygen atoms in total. The Morgan fingerprint density at radius 3 is 2.28 bits per heavy atom. The largest absolute Gasteiger partial charge is 0.481 e. The van der Waals surface area contributed by atoms with E-state index in [2.05, 4.69) is 34.1 Å². The average molecular weight is 716 g/mol. The van der Waals surface area contributed by atoms with E-state index in [0.29, 0.717) is 0 Å². The van der Waals surface area contributed by atoms with Gasteiger partial charge in [-0.2, -0.15) is 4.31 Å². The SMILES string of the molecule is NC(=NCCC[C@H](N)C(=O)O)NC1O[C@H](COP(=O)(O)OP(=O)(O)OC[C@H]2O[C@@H](n3cnc4c(N)ncnc43)[C@H](O)[C@@H]2O)[C@@H](O)[C@H]1O. The molecule has 14 N–H and O–H groups in total. The van der Waals surface area contributed by atoms with Crippen LogP contribution in [0, 0.1) is 0 Å². The maximum absolute atomic E-state index is 12.4. The number of phosphoric acid groups is 2. The number of ether oxygens (including phenoxy) is 2. The first-order valence-electron chi connectivity index (χ1n) is 13.7. The zero-order valence-electron chi connectivity index (χ0n) is 24.1. The molecule has 0 spiro atoms. The van der Waals surface area contributed by atoms with E-state index in [1.165, 1.54) is 10.9 Å². The number of aliphatic carboxylic acids is 1. The van der Waals surface area contributed by atoms with Crippen LogP contribution >= 0.6 is 15.6 Å². The number of anilines is 1. The van der Waals surface area contributed by atoms with Gasteiger partial charge in [-0.3, -0.25) is 23.4 Å². The summed E-state index contributed by atoms with van der Waals surface area (Å²) in [7, 11) is -10.8. The van der Waals surface area contributed by atoms with Gasteiger partial charge in [-0.25, -0.2) is 24.1 Å². The number of nitrogens with zero attached hydrogens (tertiary/aromatic N) is 5. The smallest absolute Gasteiger partial charge is 0.480 e. The van der Waals surface area contributed by atoms with E-state index in [0.717, 1.165) is 6.33 Å². The molecule has 2 aromatic rings. The van der Waals surface area contributed by atoms with Gasteiger partial charge in [0.1, 0.15) is 54.5 Å². The minimum absolute atomic E-state index is 0.0427. The van der Waals surface area contributed by atoms with Gasteiger partial charge in [0, 0.05) is 6.54 Å². The van der Waals surface area contributed by atoms with Gasteiger partial charge in [0.15, 0.2) is 29.9 Å². The zero-order chi connectivity index (χ0) is 34.7. The van der Waals surface area contributed by atoms with E-state index in [-0.39, 0.29) is 42.3 Å². The molecule has 2 fully saturated rings. The number of carbonyl (C=O) groups is 1. The number of rotatable bonds is 15. The number of imidazole rings is 1. The Bertz CT molecular complexity index is 1530. The molecule has 0 aromatic carbocycles. The summed E-state index contributed by atoms with van der Waals surface area (Å²) in [5.74, 6) is -1.37. The Kier molecular flexibility index (Phi) is 11.8. The fourth-order valence-electron chi connectivity index (χ4n) is 4.50. The number of nitrogens with two attached hydrogens (primary N) is 3. The fraction of sp³-hybridized carbons (Fsp3) is 0.667. The van der Waals surface area contributed by atoms with Crippen LogP contribution in [0.4, 0.5) is 5.82 Å². The number of fused-ring (bicyclic) bond motifs is 1. The lowest BCUT2D eigenvalue weighted by Crippen LogP contribution is -2.47. The predicted molar refractivity (Wildman–Crippen MR) is 153 cm³/mol. The van der Waals surface area contributed by atoms with Crippen LogP contribution in [0.15, 0.2) is 17.6 Å². The van der Waals surface area contributed by atoms with Crippen molar-refractivity contribution in [2.75, 3.05) is 25.5 Å². The van der Waals surface area contributed by atoms with E-state index in [9.17, 15) is 44.1 Å². The molecule has 0 radical (unpaired) electrons. The van der Waals surface area contributed by atoms with Crippen LogP contribution in [0.1, 0.15) is 19.1 Å². The minimum Gasteiger partial charge on any atom is -0.480 e. The third-order valence-electron chi connectivity index (χ3n) is 6.93. The molecule has 264 valence electrons. The molecule has 26 heteroatoms. The average Bonchev–Trinajstić information content (AvgIpc) is 3.63. The molecule has 2 aromatic heterocycles. The van der Waals surface area contributed by atoms with Gasteiger partial charge in [0.2, 0.25) is 0 Å². The molecule has 4 heterocycles. The number of aliphatic hydroxyl groups excluding tert-OH is 4. The lowest BCUT2D eigenvalue weighted by Gasteiger charge is -2.20. The molecule has 4 rings (SSSR count).